The zero-order valence-corrected chi connectivity index (χ0v) is 15.6. The van der Waals surface area contributed by atoms with Gasteiger partial charge in [-0.3, -0.25) is 4.79 Å². The van der Waals surface area contributed by atoms with E-state index in [4.69, 9.17) is 14.5 Å². The van der Waals surface area contributed by atoms with Crippen LogP contribution in [0.5, 0.6) is 11.6 Å². The second-order valence-corrected chi connectivity index (χ2v) is 7.94. The van der Waals surface area contributed by atoms with E-state index in [1.54, 1.807) is 7.11 Å². The molecule has 0 atom stereocenters. The Hall–Kier alpha value is -2.17. The standard InChI is InChI=1S/C19H26N2O3/c1-18(2,3)15(22)11-24-17-16(19(4,5)6)20-13-9-8-12(23-7)10-14(13)21-17/h8-10H,11H2,1-7H3. The molecule has 0 bridgehead atoms. The first-order chi connectivity index (χ1) is 11.0. The molecule has 0 saturated carbocycles. The number of hydrogen-bond acceptors (Lipinski definition) is 5. The number of hydrogen-bond donors (Lipinski definition) is 0. The molecule has 0 unspecified atom stereocenters. The van der Waals surface area contributed by atoms with Crippen LogP contribution in [0.3, 0.4) is 0 Å². The number of methoxy groups -OCH3 is 1. The third-order valence-corrected chi connectivity index (χ3v) is 3.73. The van der Waals surface area contributed by atoms with E-state index in [0.717, 1.165) is 11.2 Å². The van der Waals surface area contributed by atoms with E-state index in [1.165, 1.54) is 0 Å². The van der Waals surface area contributed by atoms with Crippen LogP contribution in [0.15, 0.2) is 18.2 Å². The van der Waals surface area contributed by atoms with Crippen molar-refractivity contribution in [2.24, 2.45) is 5.41 Å². The van der Waals surface area contributed by atoms with Gasteiger partial charge >= 0.3 is 0 Å². The van der Waals surface area contributed by atoms with E-state index in [0.29, 0.717) is 17.1 Å². The Kier molecular flexibility index (Phi) is 4.83. The fourth-order valence-corrected chi connectivity index (χ4v) is 2.08. The van der Waals surface area contributed by atoms with Gasteiger partial charge < -0.3 is 9.47 Å². The summed E-state index contributed by atoms with van der Waals surface area (Å²) in [6.07, 6.45) is 0. The third-order valence-electron chi connectivity index (χ3n) is 3.73. The van der Waals surface area contributed by atoms with Crippen molar-refractivity contribution in [3.63, 3.8) is 0 Å². The predicted octanol–water partition coefficient (Wildman–Crippen LogP) is 3.93. The van der Waals surface area contributed by atoms with Gasteiger partial charge in [-0.25, -0.2) is 9.97 Å². The molecule has 0 fully saturated rings. The molecule has 0 radical (unpaired) electrons. The lowest BCUT2D eigenvalue weighted by Crippen LogP contribution is -2.27. The van der Waals surface area contributed by atoms with Crippen LogP contribution in [-0.2, 0) is 10.2 Å². The molecule has 0 spiro atoms. The lowest BCUT2D eigenvalue weighted by atomic mass is 9.91. The van der Waals surface area contributed by atoms with E-state index in [9.17, 15) is 4.79 Å². The van der Waals surface area contributed by atoms with Crippen molar-refractivity contribution in [2.45, 2.75) is 47.0 Å². The van der Waals surface area contributed by atoms with Crippen LogP contribution >= 0.6 is 0 Å². The minimum atomic E-state index is -0.449. The summed E-state index contributed by atoms with van der Waals surface area (Å²) in [6, 6.07) is 5.54. The fourth-order valence-electron chi connectivity index (χ4n) is 2.08. The van der Waals surface area contributed by atoms with Crippen LogP contribution in [0.1, 0.15) is 47.2 Å². The largest absolute Gasteiger partial charge is 0.497 e. The minimum absolute atomic E-state index is 0.0171. The number of aromatic nitrogens is 2. The highest BCUT2D eigenvalue weighted by atomic mass is 16.5. The van der Waals surface area contributed by atoms with E-state index < -0.39 is 5.41 Å². The molecule has 2 rings (SSSR count). The first-order valence-electron chi connectivity index (χ1n) is 8.05. The molecule has 5 heteroatoms. The highest BCUT2D eigenvalue weighted by Gasteiger charge is 2.26. The number of ketones is 1. The Morgan fingerprint density at radius 1 is 1.04 bits per heavy atom. The van der Waals surface area contributed by atoms with Crippen molar-refractivity contribution < 1.29 is 14.3 Å². The summed E-state index contributed by atoms with van der Waals surface area (Å²) in [5.41, 5.74) is 1.49. The van der Waals surface area contributed by atoms with Crippen LogP contribution in [0, 0.1) is 5.41 Å². The molecule has 0 amide bonds. The third kappa shape index (κ3) is 4.02. The first kappa shape index (κ1) is 18.2. The second-order valence-electron chi connectivity index (χ2n) is 7.94. The van der Waals surface area contributed by atoms with Crippen LogP contribution in [0.2, 0.25) is 0 Å². The maximum absolute atomic E-state index is 12.2. The second kappa shape index (κ2) is 6.38. The summed E-state index contributed by atoms with van der Waals surface area (Å²) < 4.78 is 11.0. The van der Waals surface area contributed by atoms with Crippen LogP contribution in [-0.4, -0.2) is 29.5 Å². The molecule has 0 saturated heterocycles. The predicted molar refractivity (Wildman–Crippen MR) is 94.7 cm³/mol. The van der Waals surface area contributed by atoms with E-state index in [-0.39, 0.29) is 17.8 Å². The molecule has 0 N–H and O–H groups in total. The average Bonchev–Trinajstić information content (AvgIpc) is 2.49. The maximum atomic E-state index is 12.2. The van der Waals surface area contributed by atoms with Gasteiger partial charge in [-0.2, -0.15) is 0 Å². The molecular weight excluding hydrogens is 304 g/mol. The van der Waals surface area contributed by atoms with Crippen molar-refractivity contribution in [1.29, 1.82) is 0 Å². The van der Waals surface area contributed by atoms with Crippen molar-refractivity contribution >= 4 is 16.8 Å². The van der Waals surface area contributed by atoms with Crippen LogP contribution < -0.4 is 9.47 Å². The molecule has 2 aromatic rings. The normalized spacial score (nSPS) is 12.3. The van der Waals surface area contributed by atoms with Crippen molar-refractivity contribution in [2.75, 3.05) is 13.7 Å². The Morgan fingerprint density at radius 3 is 2.25 bits per heavy atom. The maximum Gasteiger partial charge on any atom is 0.237 e. The van der Waals surface area contributed by atoms with Gasteiger partial charge in [-0.05, 0) is 12.1 Å². The molecule has 1 aromatic carbocycles. The zero-order valence-electron chi connectivity index (χ0n) is 15.6. The van der Waals surface area contributed by atoms with Crippen LogP contribution in [0.25, 0.3) is 11.0 Å². The number of rotatable bonds is 4. The van der Waals surface area contributed by atoms with Gasteiger partial charge in [0.1, 0.15) is 18.1 Å². The van der Waals surface area contributed by atoms with Gasteiger partial charge in [0.15, 0.2) is 5.78 Å². The lowest BCUT2D eigenvalue weighted by molar-refractivity contribution is -0.128. The van der Waals surface area contributed by atoms with E-state index in [1.807, 2.05) is 59.7 Å². The zero-order chi connectivity index (χ0) is 18.1. The quantitative estimate of drug-likeness (QED) is 0.850. The SMILES string of the molecule is COc1ccc2nc(C(C)(C)C)c(OCC(=O)C(C)(C)C)nc2c1. The fraction of sp³-hybridized carbons (Fsp3) is 0.526. The molecule has 5 nitrogen and oxygen atoms in total. The number of fused-ring (bicyclic) bond motifs is 1. The molecular formula is C19H26N2O3. The minimum Gasteiger partial charge on any atom is -0.497 e. The number of nitrogens with zero attached hydrogens (tertiary/aromatic N) is 2. The van der Waals surface area contributed by atoms with Crippen molar-refractivity contribution in [3.8, 4) is 11.6 Å². The van der Waals surface area contributed by atoms with Gasteiger partial charge in [0.25, 0.3) is 0 Å². The Morgan fingerprint density at radius 2 is 1.71 bits per heavy atom. The Bertz CT molecular complexity index is 756. The highest BCUT2D eigenvalue weighted by molar-refractivity contribution is 5.85. The summed E-state index contributed by atoms with van der Waals surface area (Å²) in [5, 5.41) is 0. The summed E-state index contributed by atoms with van der Waals surface area (Å²) in [6.45, 7) is 11.7. The summed E-state index contributed by atoms with van der Waals surface area (Å²) in [7, 11) is 1.61. The summed E-state index contributed by atoms with van der Waals surface area (Å²) in [4.78, 5) is 21.5. The monoisotopic (exact) mass is 330 g/mol. The van der Waals surface area contributed by atoms with E-state index >= 15 is 0 Å². The van der Waals surface area contributed by atoms with Gasteiger partial charge in [-0.15, -0.1) is 0 Å². The van der Waals surface area contributed by atoms with Gasteiger partial charge in [0.2, 0.25) is 5.88 Å². The average molecular weight is 330 g/mol. The molecule has 0 aliphatic rings. The van der Waals surface area contributed by atoms with Crippen molar-refractivity contribution in [1.82, 2.24) is 9.97 Å². The van der Waals surface area contributed by atoms with Crippen molar-refractivity contribution in [3.05, 3.63) is 23.9 Å². The number of carbonyl (C=O) groups excluding carboxylic acids is 1. The number of ether oxygens (including phenoxy) is 2. The van der Waals surface area contributed by atoms with Gasteiger partial charge in [-0.1, -0.05) is 41.5 Å². The topological polar surface area (TPSA) is 61.3 Å². The number of Topliss-reactive ketones (excluding diaryl/α,β-unsaturated/α-hetero) is 1. The molecule has 0 aliphatic carbocycles. The molecule has 130 valence electrons. The van der Waals surface area contributed by atoms with Gasteiger partial charge in [0.05, 0.1) is 18.1 Å². The molecule has 1 heterocycles. The Balaban J connectivity index is 2.46. The lowest BCUT2D eigenvalue weighted by Gasteiger charge is -2.22. The smallest absolute Gasteiger partial charge is 0.237 e. The Labute approximate surface area is 143 Å². The molecule has 24 heavy (non-hydrogen) atoms. The summed E-state index contributed by atoms with van der Waals surface area (Å²) >= 11 is 0. The first-order valence-corrected chi connectivity index (χ1v) is 8.05. The summed E-state index contributed by atoms with van der Waals surface area (Å²) in [5.74, 6) is 1.13. The van der Waals surface area contributed by atoms with E-state index in [2.05, 4.69) is 4.98 Å². The molecule has 1 aromatic heterocycles. The molecule has 0 aliphatic heterocycles. The van der Waals surface area contributed by atoms with Gasteiger partial charge in [0, 0.05) is 16.9 Å². The number of carbonyl (C=O) groups is 1. The highest BCUT2D eigenvalue weighted by Crippen LogP contribution is 2.31. The number of benzene rings is 1. The van der Waals surface area contributed by atoms with Crippen LogP contribution in [0.4, 0.5) is 0 Å².